The average molecular weight is 374 g/mol. The highest BCUT2D eigenvalue weighted by Crippen LogP contribution is 2.19. The van der Waals surface area contributed by atoms with E-state index in [2.05, 4.69) is 20.5 Å². The maximum absolute atomic E-state index is 10.7. The van der Waals surface area contributed by atoms with Gasteiger partial charge in [-0.05, 0) is 26.0 Å². The molecule has 7 heteroatoms. The number of para-hydroxylation sites is 1. The van der Waals surface area contributed by atoms with E-state index < -0.39 is 5.60 Å². The van der Waals surface area contributed by atoms with E-state index >= 15 is 0 Å². The van der Waals surface area contributed by atoms with Crippen molar-refractivity contribution in [3.8, 4) is 0 Å². The van der Waals surface area contributed by atoms with Gasteiger partial charge in [0.25, 0.3) is 0 Å². The Balaban J connectivity index is 1.56. The van der Waals surface area contributed by atoms with Crippen molar-refractivity contribution >= 4 is 16.9 Å². The van der Waals surface area contributed by atoms with Gasteiger partial charge in [0, 0.05) is 38.1 Å². The molecule has 148 valence electrons. The normalized spacial score (nSPS) is 18.4. The summed E-state index contributed by atoms with van der Waals surface area (Å²) in [5.41, 5.74) is 0.0153. The van der Waals surface area contributed by atoms with Gasteiger partial charge in [-0.2, -0.15) is 0 Å². The van der Waals surface area contributed by atoms with Crippen LogP contribution in [-0.4, -0.2) is 67.5 Å². The first kappa shape index (κ1) is 19.7. The fourth-order valence-electron chi connectivity index (χ4n) is 3.18. The number of hydrogen-bond donors (Lipinski definition) is 3. The van der Waals surface area contributed by atoms with Gasteiger partial charge in [0.05, 0.1) is 18.8 Å². The Morgan fingerprint density at radius 2 is 2.04 bits per heavy atom. The molecule has 3 rings (SSSR count). The first-order valence-electron chi connectivity index (χ1n) is 9.58. The number of guanidine groups is 1. The standard InChI is InChI=1S/C20H30N4O3/c1-3-21-19(22-13-17-12-16-6-4-5-7-18(16)27-17)23-14-20(2,25)15-24-8-10-26-11-9-24/h4-7,12,25H,3,8-11,13-15H2,1-2H3,(H2,21,22,23). The highest BCUT2D eigenvalue weighted by Gasteiger charge is 2.25. The predicted molar refractivity (Wildman–Crippen MR) is 107 cm³/mol. The van der Waals surface area contributed by atoms with Crippen molar-refractivity contribution < 1.29 is 14.3 Å². The van der Waals surface area contributed by atoms with Crippen LogP contribution in [0.3, 0.4) is 0 Å². The van der Waals surface area contributed by atoms with E-state index in [0.29, 0.717) is 25.6 Å². The number of hydrogen-bond acceptors (Lipinski definition) is 5. The summed E-state index contributed by atoms with van der Waals surface area (Å²) in [7, 11) is 0. The van der Waals surface area contributed by atoms with Gasteiger partial charge in [0.1, 0.15) is 17.9 Å². The molecule has 1 aromatic heterocycles. The van der Waals surface area contributed by atoms with Crippen molar-refractivity contribution in [3.05, 3.63) is 36.1 Å². The summed E-state index contributed by atoms with van der Waals surface area (Å²) in [5.74, 6) is 1.48. The summed E-state index contributed by atoms with van der Waals surface area (Å²) in [5, 5.41) is 18.3. The molecule has 0 spiro atoms. The van der Waals surface area contributed by atoms with Crippen LogP contribution in [0.5, 0.6) is 0 Å². The first-order valence-corrected chi connectivity index (χ1v) is 9.58. The Morgan fingerprint density at radius 3 is 2.78 bits per heavy atom. The van der Waals surface area contributed by atoms with Crippen LogP contribution in [0.4, 0.5) is 0 Å². The number of aliphatic hydroxyl groups is 1. The molecular weight excluding hydrogens is 344 g/mol. The summed E-state index contributed by atoms with van der Waals surface area (Å²) < 4.78 is 11.2. The number of furan rings is 1. The molecule has 1 aliphatic heterocycles. The lowest BCUT2D eigenvalue weighted by Crippen LogP contribution is -2.52. The van der Waals surface area contributed by atoms with Crippen molar-refractivity contribution in [2.45, 2.75) is 26.0 Å². The second-order valence-electron chi connectivity index (χ2n) is 7.18. The van der Waals surface area contributed by atoms with Gasteiger partial charge in [-0.15, -0.1) is 0 Å². The number of morpholine rings is 1. The zero-order chi connectivity index (χ0) is 19.1. The number of ether oxygens (including phenoxy) is 1. The van der Waals surface area contributed by atoms with Crippen molar-refractivity contribution in [1.29, 1.82) is 0 Å². The molecule has 0 saturated carbocycles. The fourth-order valence-corrected chi connectivity index (χ4v) is 3.18. The van der Waals surface area contributed by atoms with Crippen LogP contribution in [0, 0.1) is 0 Å². The Bertz CT molecular complexity index is 718. The van der Waals surface area contributed by atoms with Crippen molar-refractivity contribution in [2.24, 2.45) is 4.99 Å². The summed E-state index contributed by atoms with van der Waals surface area (Å²) in [6, 6.07) is 9.94. The zero-order valence-corrected chi connectivity index (χ0v) is 16.2. The lowest BCUT2D eigenvalue weighted by Gasteiger charge is -2.34. The Morgan fingerprint density at radius 1 is 1.26 bits per heavy atom. The molecule has 0 radical (unpaired) electrons. The Labute approximate surface area is 160 Å². The van der Waals surface area contributed by atoms with Crippen LogP contribution in [0.1, 0.15) is 19.6 Å². The highest BCUT2D eigenvalue weighted by molar-refractivity contribution is 5.80. The third-order valence-corrected chi connectivity index (χ3v) is 4.52. The molecule has 1 unspecified atom stereocenters. The van der Waals surface area contributed by atoms with Gasteiger partial charge in [0.15, 0.2) is 5.96 Å². The van der Waals surface area contributed by atoms with E-state index in [1.54, 1.807) is 0 Å². The van der Waals surface area contributed by atoms with Gasteiger partial charge < -0.3 is 24.9 Å². The Kier molecular flexibility index (Phi) is 6.71. The molecule has 1 aromatic carbocycles. The third-order valence-electron chi connectivity index (χ3n) is 4.52. The van der Waals surface area contributed by atoms with E-state index in [0.717, 1.165) is 49.6 Å². The average Bonchev–Trinajstić information content (AvgIpc) is 3.07. The molecular formula is C20H30N4O3. The number of aliphatic imine (C=N–C) groups is 1. The molecule has 2 aromatic rings. The van der Waals surface area contributed by atoms with E-state index in [9.17, 15) is 5.11 Å². The number of fused-ring (bicyclic) bond motifs is 1. The molecule has 0 bridgehead atoms. The lowest BCUT2D eigenvalue weighted by atomic mass is 10.1. The van der Waals surface area contributed by atoms with E-state index in [1.807, 2.05) is 44.2 Å². The second-order valence-corrected chi connectivity index (χ2v) is 7.18. The van der Waals surface area contributed by atoms with Crippen LogP contribution in [0.25, 0.3) is 11.0 Å². The lowest BCUT2D eigenvalue weighted by molar-refractivity contribution is -0.0201. The summed E-state index contributed by atoms with van der Waals surface area (Å²) in [6.07, 6.45) is 0. The molecule has 1 aliphatic rings. The zero-order valence-electron chi connectivity index (χ0n) is 16.2. The van der Waals surface area contributed by atoms with Crippen molar-refractivity contribution in [2.75, 3.05) is 45.9 Å². The van der Waals surface area contributed by atoms with Crippen LogP contribution < -0.4 is 10.6 Å². The minimum Gasteiger partial charge on any atom is -0.459 e. The molecule has 0 amide bonds. The number of nitrogens with zero attached hydrogens (tertiary/aromatic N) is 2. The molecule has 0 aliphatic carbocycles. The smallest absolute Gasteiger partial charge is 0.191 e. The predicted octanol–water partition coefficient (Wildman–Crippen LogP) is 1.57. The van der Waals surface area contributed by atoms with Crippen molar-refractivity contribution in [3.63, 3.8) is 0 Å². The molecule has 27 heavy (non-hydrogen) atoms. The summed E-state index contributed by atoms with van der Waals surface area (Å²) in [6.45, 7) is 9.24. The van der Waals surface area contributed by atoms with Crippen molar-refractivity contribution in [1.82, 2.24) is 15.5 Å². The molecule has 3 N–H and O–H groups in total. The topological polar surface area (TPSA) is 82.3 Å². The summed E-state index contributed by atoms with van der Waals surface area (Å²) in [4.78, 5) is 6.81. The van der Waals surface area contributed by atoms with Crippen LogP contribution in [0.15, 0.2) is 39.7 Å². The number of β-amino-alcohol motifs (C(OH)–C–C–N with tert-alkyl or cyclic N) is 1. The SMILES string of the molecule is CCNC(=NCc1cc2ccccc2o1)NCC(C)(O)CN1CCOCC1. The van der Waals surface area contributed by atoms with E-state index in [1.165, 1.54) is 0 Å². The van der Waals surface area contributed by atoms with Crippen LogP contribution in [-0.2, 0) is 11.3 Å². The largest absolute Gasteiger partial charge is 0.459 e. The third kappa shape index (κ3) is 5.95. The van der Waals surface area contributed by atoms with Crippen LogP contribution in [0.2, 0.25) is 0 Å². The maximum Gasteiger partial charge on any atom is 0.191 e. The second kappa shape index (κ2) is 9.21. The van der Waals surface area contributed by atoms with Gasteiger partial charge in [-0.25, -0.2) is 4.99 Å². The molecule has 1 fully saturated rings. The molecule has 2 heterocycles. The van der Waals surface area contributed by atoms with Gasteiger partial charge in [-0.3, -0.25) is 4.90 Å². The fraction of sp³-hybridized carbons (Fsp3) is 0.550. The number of benzene rings is 1. The van der Waals surface area contributed by atoms with E-state index in [4.69, 9.17) is 9.15 Å². The molecule has 7 nitrogen and oxygen atoms in total. The summed E-state index contributed by atoms with van der Waals surface area (Å²) >= 11 is 0. The minimum absolute atomic E-state index is 0.413. The number of nitrogens with one attached hydrogen (secondary N) is 2. The highest BCUT2D eigenvalue weighted by atomic mass is 16.5. The first-order chi connectivity index (χ1) is 13.1. The van der Waals surface area contributed by atoms with E-state index in [-0.39, 0.29) is 0 Å². The molecule has 1 atom stereocenters. The monoisotopic (exact) mass is 374 g/mol. The number of rotatable bonds is 7. The Hall–Kier alpha value is -2.09. The van der Waals surface area contributed by atoms with Gasteiger partial charge in [0.2, 0.25) is 0 Å². The molecule has 1 saturated heterocycles. The minimum atomic E-state index is -0.854. The van der Waals surface area contributed by atoms with Crippen LogP contribution >= 0.6 is 0 Å². The quantitative estimate of drug-likeness (QED) is 0.504. The van der Waals surface area contributed by atoms with Gasteiger partial charge >= 0.3 is 0 Å². The maximum atomic E-state index is 10.7. The van der Waals surface area contributed by atoms with Gasteiger partial charge in [-0.1, -0.05) is 18.2 Å².